The molecule has 1 aliphatic rings. The van der Waals surface area contributed by atoms with Crippen LogP contribution in [0.4, 0.5) is 0 Å². The van der Waals surface area contributed by atoms with Gasteiger partial charge in [0.1, 0.15) is 5.75 Å². The SMILES string of the molecule is O=C([CH]c1ccccc1)Oc1ccc2c(c1)CCC2. The number of esters is 1. The summed E-state index contributed by atoms with van der Waals surface area (Å²) in [6.45, 7) is 0. The van der Waals surface area contributed by atoms with Crippen molar-refractivity contribution < 1.29 is 9.53 Å². The third-order valence-corrected chi connectivity index (χ3v) is 3.37. The van der Waals surface area contributed by atoms with Gasteiger partial charge in [0.15, 0.2) is 0 Å². The highest BCUT2D eigenvalue weighted by Gasteiger charge is 2.13. The number of ether oxygens (including phenoxy) is 1. The third-order valence-electron chi connectivity index (χ3n) is 3.37. The van der Waals surface area contributed by atoms with Gasteiger partial charge in [-0.3, -0.25) is 4.79 Å². The summed E-state index contributed by atoms with van der Waals surface area (Å²) in [5, 5.41) is 0. The smallest absolute Gasteiger partial charge is 0.320 e. The fourth-order valence-corrected chi connectivity index (χ4v) is 2.44. The van der Waals surface area contributed by atoms with Gasteiger partial charge < -0.3 is 4.74 Å². The molecule has 0 unspecified atom stereocenters. The highest BCUT2D eigenvalue weighted by Crippen LogP contribution is 2.26. The second-order valence-electron chi connectivity index (χ2n) is 4.76. The van der Waals surface area contributed by atoms with Crippen LogP contribution in [0.15, 0.2) is 48.5 Å². The summed E-state index contributed by atoms with van der Waals surface area (Å²) < 4.78 is 5.35. The fourth-order valence-electron chi connectivity index (χ4n) is 2.44. The summed E-state index contributed by atoms with van der Waals surface area (Å²) in [6, 6.07) is 15.4. The van der Waals surface area contributed by atoms with E-state index in [0.717, 1.165) is 18.4 Å². The lowest BCUT2D eigenvalue weighted by Gasteiger charge is -2.06. The van der Waals surface area contributed by atoms with E-state index < -0.39 is 0 Å². The predicted molar refractivity (Wildman–Crippen MR) is 73.9 cm³/mol. The zero-order valence-corrected chi connectivity index (χ0v) is 10.6. The summed E-state index contributed by atoms with van der Waals surface area (Å²) in [5.74, 6) is 0.307. The number of fused-ring (bicyclic) bond motifs is 1. The molecule has 0 spiro atoms. The quantitative estimate of drug-likeness (QED) is 0.618. The van der Waals surface area contributed by atoms with Crippen LogP contribution in [0.3, 0.4) is 0 Å². The maximum absolute atomic E-state index is 11.8. The number of hydrogen-bond acceptors (Lipinski definition) is 2. The van der Waals surface area contributed by atoms with E-state index in [0.29, 0.717) is 5.75 Å². The van der Waals surface area contributed by atoms with Gasteiger partial charge in [-0.05, 0) is 48.1 Å². The Kier molecular flexibility index (Phi) is 3.32. The van der Waals surface area contributed by atoms with Crippen molar-refractivity contribution in [3.05, 3.63) is 71.6 Å². The van der Waals surface area contributed by atoms with Crippen LogP contribution < -0.4 is 4.74 Å². The molecular weight excluding hydrogens is 236 g/mol. The van der Waals surface area contributed by atoms with E-state index in [1.807, 2.05) is 42.5 Å². The van der Waals surface area contributed by atoms with Gasteiger partial charge in [-0.15, -0.1) is 0 Å². The van der Waals surface area contributed by atoms with E-state index in [1.54, 1.807) is 0 Å². The third kappa shape index (κ3) is 2.84. The van der Waals surface area contributed by atoms with Crippen LogP contribution in [-0.4, -0.2) is 5.97 Å². The minimum atomic E-state index is -0.329. The number of carbonyl (C=O) groups is 1. The molecule has 0 N–H and O–H groups in total. The van der Waals surface area contributed by atoms with E-state index in [1.165, 1.54) is 24.0 Å². The second-order valence-corrected chi connectivity index (χ2v) is 4.76. The van der Waals surface area contributed by atoms with Crippen LogP contribution in [0.1, 0.15) is 23.1 Å². The van der Waals surface area contributed by atoms with Gasteiger partial charge >= 0.3 is 5.97 Å². The fraction of sp³-hybridized carbons (Fsp3) is 0.176. The van der Waals surface area contributed by atoms with Crippen molar-refractivity contribution >= 4 is 5.97 Å². The zero-order chi connectivity index (χ0) is 13.1. The monoisotopic (exact) mass is 251 g/mol. The zero-order valence-electron chi connectivity index (χ0n) is 10.6. The van der Waals surface area contributed by atoms with Gasteiger partial charge in [-0.2, -0.15) is 0 Å². The Labute approximate surface area is 113 Å². The molecule has 1 aliphatic carbocycles. The van der Waals surface area contributed by atoms with E-state index in [-0.39, 0.29) is 5.97 Å². The minimum absolute atomic E-state index is 0.329. The minimum Gasteiger partial charge on any atom is -0.426 e. The molecule has 0 fully saturated rings. The van der Waals surface area contributed by atoms with Crippen LogP contribution in [0.5, 0.6) is 5.75 Å². The molecule has 0 saturated heterocycles. The van der Waals surface area contributed by atoms with Gasteiger partial charge in [0.25, 0.3) is 0 Å². The van der Waals surface area contributed by atoms with Gasteiger partial charge in [0, 0.05) is 0 Å². The van der Waals surface area contributed by atoms with E-state index in [4.69, 9.17) is 4.74 Å². The molecule has 95 valence electrons. The molecule has 3 rings (SSSR count). The van der Waals surface area contributed by atoms with Crippen molar-refractivity contribution in [2.75, 3.05) is 0 Å². The standard InChI is InChI=1S/C17H15O2/c18-17(11-13-5-2-1-3-6-13)19-16-10-9-14-7-4-8-15(14)12-16/h1-3,5-6,9-12H,4,7-8H2. The molecule has 2 aromatic rings. The summed E-state index contributed by atoms with van der Waals surface area (Å²) in [7, 11) is 0. The molecule has 19 heavy (non-hydrogen) atoms. The van der Waals surface area contributed by atoms with Crippen LogP contribution in [0, 0.1) is 6.42 Å². The van der Waals surface area contributed by atoms with Crippen LogP contribution >= 0.6 is 0 Å². The van der Waals surface area contributed by atoms with Crippen LogP contribution in [0.25, 0.3) is 0 Å². The number of benzene rings is 2. The Hall–Kier alpha value is -2.09. The molecule has 2 nitrogen and oxygen atoms in total. The number of carbonyl (C=O) groups excluding carboxylic acids is 1. The molecule has 2 heteroatoms. The Bertz CT molecular complexity index is 587. The highest BCUT2D eigenvalue weighted by atomic mass is 16.5. The topological polar surface area (TPSA) is 26.3 Å². The molecule has 0 amide bonds. The predicted octanol–water partition coefficient (Wildman–Crippen LogP) is 3.33. The second kappa shape index (κ2) is 5.27. The first kappa shape index (κ1) is 12.0. The molecule has 0 saturated carbocycles. The van der Waals surface area contributed by atoms with Gasteiger partial charge in [0.05, 0.1) is 6.42 Å². The summed E-state index contributed by atoms with van der Waals surface area (Å²) in [5.41, 5.74) is 3.55. The van der Waals surface area contributed by atoms with Crippen molar-refractivity contribution in [1.29, 1.82) is 0 Å². The average molecular weight is 251 g/mol. The first-order valence-corrected chi connectivity index (χ1v) is 6.55. The van der Waals surface area contributed by atoms with E-state index >= 15 is 0 Å². The van der Waals surface area contributed by atoms with Gasteiger partial charge in [-0.1, -0.05) is 36.4 Å². The lowest BCUT2D eigenvalue weighted by molar-refractivity contribution is -0.130. The number of aryl methyl sites for hydroxylation is 2. The molecule has 2 aromatic carbocycles. The first-order valence-electron chi connectivity index (χ1n) is 6.55. The molecule has 0 heterocycles. The van der Waals surface area contributed by atoms with Crippen molar-refractivity contribution in [2.24, 2.45) is 0 Å². The molecule has 0 atom stereocenters. The van der Waals surface area contributed by atoms with E-state index in [2.05, 4.69) is 6.07 Å². The van der Waals surface area contributed by atoms with Crippen molar-refractivity contribution in [3.63, 3.8) is 0 Å². The largest absolute Gasteiger partial charge is 0.426 e. The Morgan fingerprint density at radius 3 is 2.63 bits per heavy atom. The molecule has 0 aliphatic heterocycles. The lowest BCUT2D eigenvalue weighted by atomic mass is 10.1. The summed E-state index contributed by atoms with van der Waals surface area (Å²) in [4.78, 5) is 11.8. The van der Waals surface area contributed by atoms with Crippen molar-refractivity contribution in [2.45, 2.75) is 19.3 Å². The first-order chi connectivity index (χ1) is 9.31. The van der Waals surface area contributed by atoms with Gasteiger partial charge in [0.2, 0.25) is 0 Å². The van der Waals surface area contributed by atoms with E-state index in [9.17, 15) is 4.79 Å². The van der Waals surface area contributed by atoms with Crippen molar-refractivity contribution in [1.82, 2.24) is 0 Å². The molecule has 0 bridgehead atoms. The number of hydrogen-bond donors (Lipinski definition) is 0. The lowest BCUT2D eigenvalue weighted by Crippen LogP contribution is -2.09. The van der Waals surface area contributed by atoms with Crippen LogP contribution in [0.2, 0.25) is 0 Å². The maximum Gasteiger partial charge on any atom is 0.320 e. The number of rotatable bonds is 3. The molecule has 0 aromatic heterocycles. The van der Waals surface area contributed by atoms with Gasteiger partial charge in [-0.25, -0.2) is 0 Å². The Morgan fingerprint density at radius 1 is 1.00 bits per heavy atom. The highest BCUT2D eigenvalue weighted by molar-refractivity contribution is 5.85. The molecular formula is C17H15O2. The average Bonchev–Trinajstić information content (AvgIpc) is 2.87. The maximum atomic E-state index is 11.8. The molecule has 1 radical (unpaired) electrons. The Morgan fingerprint density at radius 2 is 1.79 bits per heavy atom. The summed E-state index contributed by atoms with van der Waals surface area (Å²) in [6.07, 6.45) is 4.93. The van der Waals surface area contributed by atoms with Crippen LogP contribution in [-0.2, 0) is 17.6 Å². The Balaban J connectivity index is 1.66. The summed E-state index contributed by atoms with van der Waals surface area (Å²) >= 11 is 0. The normalized spacial score (nSPS) is 13.1. The van der Waals surface area contributed by atoms with Crippen molar-refractivity contribution in [3.8, 4) is 5.75 Å².